The molecule has 2 N–H and O–H groups in total. The highest BCUT2D eigenvalue weighted by Gasteiger charge is 2.29. The van der Waals surface area contributed by atoms with Gasteiger partial charge in [-0.05, 0) is 18.4 Å². The fourth-order valence-corrected chi connectivity index (χ4v) is 6.14. The summed E-state index contributed by atoms with van der Waals surface area (Å²) < 4.78 is 22.9. The third kappa shape index (κ3) is 6.16. The van der Waals surface area contributed by atoms with Crippen molar-refractivity contribution in [3.05, 3.63) is 35.9 Å². The van der Waals surface area contributed by atoms with Crippen molar-refractivity contribution in [1.29, 1.82) is 0 Å². The number of nitrogens with zero attached hydrogens (tertiary/aromatic N) is 1. The predicted octanol–water partition coefficient (Wildman–Crippen LogP) is 0.937. The van der Waals surface area contributed by atoms with Gasteiger partial charge in [0.05, 0.1) is 17.3 Å². The smallest absolute Gasteiger partial charge is 0.232 e. The monoisotopic (exact) mass is 356 g/mol. The zero-order chi connectivity index (χ0) is 16.7. The maximum atomic E-state index is 12.4. The first-order valence-electron chi connectivity index (χ1n) is 7.84. The molecule has 1 unspecified atom stereocenters. The van der Waals surface area contributed by atoms with E-state index in [4.69, 9.17) is 5.73 Å². The fourth-order valence-electron chi connectivity index (χ4n) is 2.60. The molecule has 0 saturated carbocycles. The van der Waals surface area contributed by atoms with E-state index in [-0.39, 0.29) is 22.7 Å². The summed E-state index contributed by atoms with van der Waals surface area (Å²) in [5.41, 5.74) is 6.80. The van der Waals surface area contributed by atoms with Crippen LogP contribution in [0.3, 0.4) is 0 Å². The number of amides is 1. The van der Waals surface area contributed by atoms with Gasteiger partial charge in [-0.2, -0.15) is 0 Å². The van der Waals surface area contributed by atoms with Gasteiger partial charge >= 0.3 is 0 Å². The van der Waals surface area contributed by atoms with Crippen LogP contribution in [0.15, 0.2) is 30.3 Å². The van der Waals surface area contributed by atoms with E-state index in [1.807, 2.05) is 30.3 Å². The summed E-state index contributed by atoms with van der Waals surface area (Å²) in [6.07, 6.45) is 1.45. The van der Waals surface area contributed by atoms with Crippen LogP contribution in [0.1, 0.15) is 12.0 Å². The van der Waals surface area contributed by atoms with E-state index >= 15 is 0 Å². The molecule has 5 nitrogen and oxygen atoms in total. The molecule has 0 aromatic heterocycles. The molecule has 1 aliphatic heterocycles. The number of hydrogen-bond acceptors (Lipinski definition) is 5. The molecule has 1 heterocycles. The van der Waals surface area contributed by atoms with Crippen LogP contribution >= 0.6 is 11.8 Å². The number of carbonyl (C=O) groups is 1. The molecule has 1 aliphatic rings. The van der Waals surface area contributed by atoms with Gasteiger partial charge < -0.3 is 10.6 Å². The summed E-state index contributed by atoms with van der Waals surface area (Å²) in [6, 6.07) is 10.0. The lowest BCUT2D eigenvalue weighted by Crippen LogP contribution is -2.38. The van der Waals surface area contributed by atoms with Crippen molar-refractivity contribution in [2.45, 2.75) is 18.1 Å². The maximum absolute atomic E-state index is 12.4. The second kappa shape index (κ2) is 8.70. The Morgan fingerprint density at radius 3 is 2.61 bits per heavy atom. The second-order valence-corrected chi connectivity index (χ2v) is 9.26. The van der Waals surface area contributed by atoms with Crippen molar-refractivity contribution >= 4 is 27.5 Å². The Morgan fingerprint density at radius 1 is 1.26 bits per heavy atom. The van der Waals surface area contributed by atoms with E-state index in [0.29, 0.717) is 31.8 Å². The van der Waals surface area contributed by atoms with Crippen molar-refractivity contribution in [2.24, 2.45) is 5.73 Å². The van der Waals surface area contributed by atoms with Crippen LogP contribution in [0, 0.1) is 0 Å². The Labute approximate surface area is 142 Å². The van der Waals surface area contributed by atoms with Gasteiger partial charge in [-0.25, -0.2) is 8.42 Å². The Hall–Kier alpha value is -1.05. The van der Waals surface area contributed by atoms with E-state index in [9.17, 15) is 13.2 Å². The van der Waals surface area contributed by atoms with Crippen LogP contribution in [0.25, 0.3) is 0 Å². The largest absolute Gasteiger partial charge is 0.340 e. The predicted molar refractivity (Wildman–Crippen MR) is 95.3 cm³/mol. The SMILES string of the molecule is NCCN(CCc1ccccc1)C(=O)CSC1CCS(=O)(=O)C1. The molecule has 7 heteroatoms. The zero-order valence-corrected chi connectivity index (χ0v) is 14.8. The number of hydrogen-bond donors (Lipinski definition) is 1. The number of sulfone groups is 1. The van der Waals surface area contributed by atoms with Crippen LogP contribution in [0.4, 0.5) is 0 Å². The normalized spacial score (nSPS) is 19.6. The van der Waals surface area contributed by atoms with Crippen molar-refractivity contribution < 1.29 is 13.2 Å². The molecular formula is C16H24N2O3S2. The highest BCUT2D eigenvalue weighted by atomic mass is 32.2. The lowest BCUT2D eigenvalue weighted by atomic mass is 10.1. The molecule has 128 valence electrons. The summed E-state index contributed by atoms with van der Waals surface area (Å²) in [6.45, 7) is 1.61. The highest BCUT2D eigenvalue weighted by molar-refractivity contribution is 8.02. The van der Waals surface area contributed by atoms with Crippen LogP contribution in [0.5, 0.6) is 0 Å². The number of benzene rings is 1. The molecule has 1 saturated heterocycles. The van der Waals surface area contributed by atoms with Crippen molar-refractivity contribution in [3.8, 4) is 0 Å². The minimum atomic E-state index is -2.89. The third-order valence-electron chi connectivity index (χ3n) is 3.90. The lowest BCUT2D eigenvalue weighted by Gasteiger charge is -2.22. The minimum Gasteiger partial charge on any atom is -0.340 e. The first kappa shape index (κ1) is 18.3. The van der Waals surface area contributed by atoms with Gasteiger partial charge in [0.25, 0.3) is 0 Å². The molecule has 0 bridgehead atoms. The Morgan fingerprint density at radius 2 is 2.00 bits per heavy atom. The summed E-state index contributed by atoms with van der Waals surface area (Å²) in [7, 11) is -2.89. The Balaban J connectivity index is 1.81. The number of thioether (sulfide) groups is 1. The van der Waals surface area contributed by atoms with Crippen molar-refractivity contribution in [3.63, 3.8) is 0 Å². The zero-order valence-electron chi connectivity index (χ0n) is 13.2. The lowest BCUT2D eigenvalue weighted by molar-refractivity contribution is -0.128. The van der Waals surface area contributed by atoms with E-state index in [0.717, 1.165) is 6.42 Å². The summed E-state index contributed by atoms with van der Waals surface area (Å²) >= 11 is 1.46. The molecule has 1 atom stereocenters. The van der Waals surface area contributed by atoms with Crippen LogP contribution in [-0.2, 0) is 21.1 Å². The van der Waals surface area contributed by atoms with E-state index in [1.54, 1.807) is 4.90 Å². The quantitative estimate of drug-likeness (QED) is 0.750. The molecular weight excluding hydrogens is 332 g/mol. The van der Waals surface area contributed by atoms with Crippen molar-refractivity contribution in [1.82, 2.24) is 4.90 Å². The Bertz CT molecular complexity index is 605. The van der Waals surface area contributed by atoms with Gasteiger partial charge in [-0.1, -0.05) is 30.3 Å². The van der Waals surface area contributed by atoms with Crippen LogP contribution in [-0.4, -0.2) is 61.4 Å². The average molecular weight is 357 g/mol. The molecule has 1 fully saturated rings. The minimum absolute atomic E-state index is 0.0423. The first-order chi connectivity index (χ1) is 11.0. The third-order valence-corrected chi connectivity index (χ3v) is 7.16. The fraction of sp³-hybridized carbons (Fsp3) is 0.562. The highest BCUT2D eigenvalue weighted by Crippen LogP contribution is 2.24. The second-order valence-electron chi connectivity index (χ2n) is 5.74. The van der Waals surface area contributed by atoms with E-state index in [2.05, 4.69) is 0 Å². The van der Waals surface area contributed by atoms with Crippen LogP contribution < -0.4 is 5.73 Å². The van der Waals surface area contributed by atoms with Crippen molar-refractivity contribution in [2.75, 3.05) is 36.9 Å². The topological polar surface area (TPSA) is 80.5 Å². The number of nitrogens with two attached hydrogens (primary N) is 1. The Kier molecular flexibility index (Phi) is 6.92. The summed E-state index contributed by atoms with van der Waals surface area (Å²) in [5.74, 6) is 0.820. The maximum Gasteiger partial charge on any atom is 0.232 e. The molecule has 1 aromatic carbocycles. The van der Waals surface area contributed by atoms with Gasteiger partial charge in [-0.3, -0.25) is 4.79 Å². The van der Waals surface area contributed by atoms with Gasteiger partial charge in [0.15, 0.2) is 9.84 Å². The average Bonchev–Trinajstić information content (AvgIpc) is 2.89. The first-order valence-corrected chi connectivity index (χ1v) is 10.7. The van der Waals surface area contributed by atoms with Gasteiger partial charge in [0, 0.05) is 24.9 Å². The number of rotatable bonds is 8. The molecule has 0 aliphatic carbocycles. The molecule has 2 rings (SSSR count). The number of carbonyl (C=O) groups excluding carboxylic acids is 1. The van der Waals surface area contributed by atoms with Gasteiger partial charge in [0.2, 0.25) is 5.91 Å². The molecule has 0 radical (unpaired) electrons. The summed E-state index contributed by atoms with van der Waals surface area (Å²) in [4.78, 5) is 14.2. The molecule has 1 aromatic rings. The van der Waals surface area contributed by atoms with E-state index in [1.165, 1.54) is 17.3 Å². The van der Waals surface area contributed by atoms with E-state index < -0.39 is 9.84 Å². The van der Waals surface area contributed by atoms with Gasteiger partial charge in [0.1, 0.15) is 0 Å². The standard InChI is InChI=1S/C16H24N2O3S2/c17-8-10-18(9-6-14-4-2-1-3-5-14)16(19)12-22-15-7-11-23(20,21)13-15/h1-5,15H,6-13,17H2. The summed E-state index contributed by atoms with van der Waals surface area (Å²) in [5, 5.41) is 0.0535. The van der Waals surface area contributed by atoms with Gasteiger partial charge in [-0.15, -0.1) is 11.8 Å². The molecule has 23 heavy (non-hydrogen) atoms. The molecule has 1 amide bonds. The molecule has 0 spiro atoms. The van der Waals surface area contributed by atoms with Crippen LogP contribution in [0.2, 0.25) is 0 Å².